The molecule has 0 aliphatic carbocycles. The standard InChI is InChI=1S/C14H21N3O2S/c1-15-20(18,19)10-11-4-5-14-13(8-11)12(9-16-14)6-7-17(2)3/h4-5,8-9,15-16H,6-7,10H2,1-3H3/i2D3,3D3,6D2,7D2/hD2. The second kappa shape index (κ2) is 5.95. The highest BCUT2D eigenvalue weighted by Gasteiger charge is 2.11. The molecule has 6 heteroatoms. The van der Waals surface area contributed by atoms with Crippen LogP contribution in [0.2, 0.25) is 2.82 Å². The quantitative estimate of drug-likeness (QED) is 0.846. The maximum absolute atomic E-state index is 12.0. The van der Waals surface area contributed by atoms with E-state index in [9.17, 15) is 8.42 Å². The molecule has 2 N–H and O–H groups in total. The van der Waals surface area contributed by atoms with E-state index in [-0.39, 0.29) is 21.2 Å². The largest absolute Gasteiger partial charge is 0.361 e. The first-order chi connectivity index (χ1) is 14.1. The van der Waals surface area contributed by atoms with Crippen molar-refractivity contribution in [2.45, 2.75) is 12.1 Å². The number of fused-ring (bicyclic) bond motifs is 1. The lowest BCUT2D eigenvalue weighted by Crippen LogP contribution is -2.20. The van der Waals surface area contributed by atoms with Crippen LogP contribution >= 0.6 is 0 Å². The van der Waals surface area contributed by atoms with Crippen molar-refractivity contribution in [1.29, 1.82) is 0 Å². The number of benzene rings is 1. The molecule has 0 bridgehead atoms. The van der Waals surface area contributed by atoms with Crippen molar-refractivity contribution in [3.05, 3.63) is 35.5 Å². The molecule has 5 nitrogen and oxygen atoms in total. The van der Waals surface area contributed by atoms with Crippen LogP contribution in [-0.4, -0.2) is 45.8 Å². The van der Waals surface area contributed by atoms with E-state index >= 15 is 0 Å². The van der Waals surface area contributed by atoms with Gasteiger partial charge >= 0.3 is 0 Å². The fourth-order valence-electron chi connectivity index (χ4n) is 1.70. The van der Waals surface area contributed by atoms with Crippen LogP contribution < -0.4 is 4.72 Å². The van der Waals surface area contributed by atoms with Gasteiger partial charge in [0.15, 0.2) is 1.41 Å². The van der Waals surface area contributed by atoms with E-state index in [2.05, 4.69) is 0 Å². The van der Waals surface area contributed by atoms with E-state index in [1.807, 2.05) is 0 Å². The molecule has 1 aromatic heterocycles. The molecule has 0 radical (unpaired) electrons. The summed E-state index contributed by atoms with van der Waals surface area (Å²) in [6.07, 6.45) is -2.39. The number of nitrogens with zero attached hydrogens (tertiary/aromatic N) is 1. The topological polar surface area (TPSA) is 65.2 Å². The van der Waals surface area contributed by atoms with Crippen molar-refractivity contribution in [3.8, 4) is 0 Å². The number of aromatic nitrogens is 1. The molecule has 0 spiro atoms. The molecule has 0 atom stereocenters. The Hall–Kier alpha value is -1.37. The summed E-state index contributed by atoms with van der Waals surface area (Å²) in [5, 5.41) is -0.106. The fourth-order valence-corrected chi connectivity index (χ4v) is 2.43. The molecule has 0 saturated carbocycles. The molecule has 20 heavy (non-hydrogen) atoms. The van der Waals surface area contributed by atoms with E-state index in [4.69, 9.17) is 16.5 Å². The van der Waals surface area contributed by atoms with Gasteiger partial charge in [0.25, 0.3) is 0 Å². The number of aryl methyl sites for hydroxylation is 1. The molecule has 2 rings (SSSR count). The molecule has 1 heterocycles. The summed E-state index contributed by atoms with van der Waals surface area (Å²) < 4.78 is 117. The van der Waals surface area contributed by atoms with Crippen molar-refractivity contribution >= 4 is 20.9 Å². The smallest absolute Gasteiger partial charge is 0.215 e. The highest BCUT2D eigenvalue weighted by atomic mass is 32.2. The second-order valence-corrected chi connectivity index (χ2v) is 5.82. The Balaban J connectivity index is 2.73. The summed E-state index contributed by atoms with van der Waals surface area (Å²) >= 11 is 0. The zero-order chi connectivity index (χ0) is 25.1. The van der Waals surface area contributed by atoms with Gasteiger partial charge in [0.2, 0.25) is 10.0 Å². The molecule has 0 fully saturated rings. The third-order valence-corrected chi connectivity index (χ3v) is 3.87. The van der Waals surface area contributed by atoms with Gasteiger partial charge in [-0.25, -0.2) is 13.1 Å². The lowest BCUT2D eigenvalue weighted by Gasteiger charge is -2.08. The van der Waals surface area contributed by atoms with Gasteiger partial charge in [-0.1, -0.05) is 6.07 Å². The summed E-state index contributed by atoms with van der Waals surface area (Å²) in [4.78, 5) is 0.173. The summed E-state index contributed by atoms with van der Waals surface area (Å²) in [5.74, 6) is -0.641. The number of rotatable bonds is 6. The molecule has 2 aromatic rings. The second-order valence-electron chi connectivity index (χ2n) is 4.00. The first-order valence-electron chi connectivity index (χ1n) is 11.4. The molecule has 0 aliphatic heterocycles. The third-order valence-electron chi connectivity index (χ3n) is 2.61. The molecule has 110 valence electrons. The predicted molar refractivity (Wildman–Crippen MR) is 82.2 cm³/mol. The van der Waals surface area contributed by atoms with Crippen molar-refractivity contribution in [2.24, 2.45) is 0 Å². The number of hydrogen-bond acceptors (Lipinski definition) is 3. The Labute approximate surface area is 137 Å². The number of hydrogen-bond donors (Lipinski definition) is 2. The van der Waals surface area contributed by atoms with Gasteiger partial charge in [-0.2, -0.15) is 0 Å². The predicted octanol–water partition coefficient (Wildman–Crippen LogP) is 1.32. The first-order valence-corrected chi connectivity index (χ1v) is 7.14. The van der Waals surface area contributed by atoms with Crippen molar-refractivity contribution < 1.29 is 24.9 Å². The average Bonchev–Trinajstić information content (AvgIpc) is 2.88. The highest BCUT2D eigenvalue weighted by molar-refractivity contribution is 7.88. The van der Waals surface area contributed by atoms with E-state index in [0.717, 1.165) is 13.2 Å². The molecule has 1 aromatic carbocycles. The molecule has 0 aliphatic rings. The minimum atomic E-state index is -4.02. The number of H-pyrrole nitrogens is 1. The fraction of sp³-hybridized carbons (Fsp3) is 0.429. The Bertz CT molecular complexity index is 1090. The maximum Gasteiger partial charge on any atom is 0.215 e. The summed E-state index contributed by atoms with van der Waals surface area (Å²) in [7, 11) is -3.02. The molecular formula is C14H21N3O2S. The minimum Gasteiger partial charge on any atom is -0.361 e. The van der Waals surface area contributed by atoms with Crippen LogP contribution in [0.5, 0.6) is 0 Å². The van der Waals surface area contributed by atoms with Gasteiger partial charge in [0.05, 0.1) is 5.75 Å². The SMILES string of the molecule is [2H]N(C)S(=O)(=O)Cc1ccc2c(c1)c(C([2H])([2H])C([2H])([2H])N(C([2H])([2H])[2H])C([2H])([2H])[2H])cn2[2H]. The van der Waals surface area contributed by atoms with Gasteiger partial charge in [0, 0.05) is 37.3 Å². The van der Waals surface area contributed by atoms with Crippen LogP contribution in [0.1, 0.15) is 24.8 Å². The average molecular weight is 307 g/mol. The number of nitrogens with one attached hydrogen (secondary N) is 2. The van der Waals surface area contributed by atoms with Crippen LogP contribution in [0.25, 0.3) is 10.9 Å². The van der Waals surface area contributed by atoms with Crippen LogP contribution in [-0.2, 0) is 22.1 Å². The number of aromatic amines is 1. The highest BCUT2D eigenvalue weighted by Crippen LogP contribution is 2.21. The molecule has 0 saturated heterocycles. The van der Waals surface area contributed by atoms with E-state index in [0.29, 0.717) is 4.98 Å². The zero-order valence-corrected chi connectivity index (χ0v) is 11.4. The zero-order valence-electron chi connectivity index (χ0n) is 22.6. The van der Waals surface area contributed by atoms with Gasteiger partial charge in [0.1, 0.15) is 1.41 Å². The van der Waals surface area contributed by atoms with E-state index in [1.54, 1.807) is 0 Å². The lowest BCUT2D eigenvalue weighted by molar-refractivity contribution is 0.414. The van der Waals surface area contributed by atoms with E-state index < -0.39 is 53.1 Å². The van der Waals surface area contributed by atoms with Crippen molar-refractivity contribution in [2.75, 3.05) is 27.5 Å². The summed E-state index contributed by atoms with van der Waals surface area (Å²) in [6, 6.07) is 3.80. The molecule has 0 amide bonds. The van der Waals surface area contributed by atoms with Crippen molar-refractivity contribution in [3.63, 3.8) is 0 Å². The van der Waals surface area contributed by atoms with Gasteiger partial charge < -0.3 is 9.88 Å². The number of sulfonamides is 1. The minimum absolute atomic E-state index is 0.0503. The Morgan fingerprint density at radius 2 is 2.35 bits per heavy atom. The monoisotopic (exact) mass is 307 g/mol. The first kappa shape index (κ1) is 5.79. The van der Waals surface area contributed by atoms with Crippen LogP contribution in [0.15, 0.2) is 24.4 Å². The Morgan fingerprint density at radius 1 is 1.55 bits per heavy atom. The van der Waals surface area contributed by atoms with Gasteiger partial charge in [-0.15, -0.1) is 0 Å². The third kappa shape index (κ3) is 3.59. The Kier molecular flexibility index (Phi) is 1.72. The number of likely N-dealkylation sites (N-methyl/N-ethyl adjacent to an activating group) is 1. The normalized spacial score (nSPS) is 24.1. The Morgan fingerprint density at radius 3 is 3.05 bits per heavy atom. The summed E-state index contributed by atoms with van der Waals surface area (Å²) in [5.41, 5.74) is -0.386. The van der Waals surface area contributed by atoms with Crippen molar-refractivity contribution in [1.82, 2.24) is 14.6 Å². The van der Waals surface area contributed by atoms with Gasteiger partial charge in [-0.3, -0.25) is 0 Å². The van der Waals surface area contributed by atoms with Crippen LogP contribution in [0.4, 0.5) is 0 Å². The van der Waals surface area contributed by atoms with Crippen LogP contribution in [0, 0.1) is 0 Å². The molecular weight excluding hydrogens is 274 g/mol. The maximum atomic E-state index is 12.0. The van der Waals surface area contributed by atoms with Gasteiger partial charge in [-0.05, 0) is 50.6 Å². The van der Waals surface area contributed by atoms with E-state index in [1.165, 1.54) is 18.2 Å². The molecule has 0 unspecified atom stereocenters. The van der Waals surface area contributed by atoms with Crippen LogP contribution in [0.3, 0.4) is 0 Å². The summed E-state index contributed by atoms with van der Waals surface area (Å²) in [6.45, 7) is -10.7. The lowest BCUT2D eigenvalue weighted by atomic mass is 10.1.